The van der Waals surface area contributed by atoms with Gasteiger partial charge in [-0.3, -0.25) is 4.79 Å². The van der Waals surface area contributed by atoms with E-state index in [1.54, 1.807) is 0 Å². The highest BCUT2D eigenvalue weighted by Gasteiger charge is 2.31. The number of anilines is 2. The van der Waals surface area contributed by atoms with E-state index in [2.05, 4.69) is 36.3 Å². The van der Waals surface area contributed by atoms with Crippen molar-refractivity contribution in [2.24, 2.45) is 0 Å². The van der Waals surface area contributed by atoms with Gasteiger partial charge in [-0.1, -0.05) is 18.5 Å². The highest BCUT2D eigenvalue weighted by Crippen LogP contribution is 2.39. The molecule has 0 aliphatic carbocycles. The molecule has 2 N–H and O–H groups in total. The van der Waals surface area contributed by atoms with Crippen LogP contribution < -0.4 is 15.5 Å². The van der Waals surface area contributed by atoms with Crippen molar-refractivity contribution in [3.8, 4) is 0 Å². The van der Waals surface area contributed by atoms with Gasteiger partial charge in [0, 0.05) is 24.3 Å². The molecule has 1 aromatic carbocycles. The molecule has 1 aliphatic heterocycles. The van der Waals surface area contributed by atoms with Gasteiger partial charge in [0.05, 0.1) is 10.7 Å². The zero-order valence-corrected chi connectivity index (χ0v) is 13.2. The van der Waals surface area contributed by atoms with Crippen LogP contribution in [-0.2, 0) is 4.79 Å². The molecule has 1 aromatic rings. The molecule has 1 heterocycles. The number of fused-ring (bicyclic) bond motifs is 1. The summed E-state index contributed by atoms with van der Waals surface area (Å²) in [5.74, 6) is -0.00568. The lowest BCUT2D eigenvalue weighted by atomic mass is 10.1. The molecule has 0 saturated heterocycles. The number of nitrogens with one attached hydrogen (secondary N) is 2. The van der Waals surface area contributed by atoms with Gasteiger partial charge in [-0.25, -0.2) is 0 Å². The lowest BCUT2D eigenvalue weighted by Crippen LogP contribution is -2.28. The second-order valence-electron chi connectivity index (χ2n) is 5.47. The molecule has 0 saturated carbocycles. The standard InChI is InChI=1S/C15H22ClN3O/c1-5-6-17-14-10-7-11(16)13(19(4)9(2)3)8-12(10)18-15(14)20/h7-9,14,17H,5-6H2,1-4H3,(H,18,20). The van der Waals surface area contributed by atoms with Crippen LogP contribution in [0.15, 0.2) is 12.1 Å². The number of carbonyl (C=O) groups excluding carboxylic acids is 1. The lowest BCUT2D eigenvalue weighted by Gasteiger charge is -2.25. The Labute approximate surface area is 125 Å². The van der Waals surface area contributed by atoms with E-state index in [4.69, 9.17) is 11.6 Å². The predicted molar refractivity (Wildman–Crippen MR) is 84.7 cm³/mol. The van der Waals surface area contributed by atoms with Crippen LogP contribution in [0.1, 0.15) is 38.8 Å². The van der Waals surface area contributed by atoms with E-state index in [0.29, 0.717) is 11.1 Å². The number of hydrogen-bond donors (Lipinski definition) is 2. The van der Waals surface area contributed by atoms with Crippen molar-refractivity contribution >= 4 is 28.9 Å². The van der Waals surface area contributed by atoms with E-state index in [-0.39, 0.29) is 11.9 Å². The molecule has 110 valence electrons. The molecule has 0 radical (unpaired) electrons. The van der Waals surface area contributed by atoms with E-state index in [0.717, 1.165) is 29.9 Å². The maximum absolute atomic E-state index is 12.0. The summed E-state index contributed by atoms with van der Waals surface area (Å²) in [4.78, 5) is 14.1. The van der Waals surface area contributed by atoms with Crippen LogP contribution in [0.5, 0.6) is 0 Å². The minimum atomic E-state index is -0.291. The fourth-order valence-corrected chi connectivity index (χ4v) is 2.62. The number of carbonyl (C=O) groups is 1. The number of halogens is 1. The maximum atomic E-state index is 12.0. The van der Waals surface area contributed by atoms with E-state index in [1.165, 1.54) is 0 Å². The summed E-state index contributed by atoms with van der Waals surface area (Å²) in [6, 6.07) is 3.91. The second kappa shape index (κ2) is 6.02. The average molecular weight is 296 g/mol. The highest BCUT2D eigenvalue weighted by molar-refractivity contribution is 6.33. The molecule has 0 bridgehead atoms. The first-order chi connectivity index (χ1) is 9.45. The number of rotatable bonds is 5. The lowest BCUT2D eigenvalue weighted by molar-refractivity contribution is -0.117. The first-order valence-corrected chi connectivity index (χ1v) is 7.44. The van der Waals surface area contributed by atoms with Crippen LogP contribution in [-0.4, -0.2) is 25.5 Å². The summed E-state index contributed by atoms with van der Waals surface area (Å²) in [5.41, 5.74) is 2.74. The topological polar surface area (TPSA) is 44.4 Å². The predicted octanol–water partition coefficient (Wildman–Crippen LogP) is 3.18. The van der Waals surface area contributed by atoms with Gasteiger partial charge in [0.25, 0.3) is 0 Å². The third-order valence-corrected chi connectivity index (χ3v) is 4.01. The van der Waals surface area contributed by atoms with Crippen LogP contribution >= 0.6 is 11.6 Å². The molecule has 4 nitrogen and oxygen atoms in total. The van der Waals surface area contributed by atoms with Crippen LogP contribution in [0.4, 0.5) is 11.4 Å². The Morgan fingerprint density at radius 1 is 1.45 bits per heavy atom. The second-order valence-corrected chi connectivity index (χ2v) is 5.88. The smallest absolute Gasteiger partial charge is 0.246 e. The van der Waals surface area contributed by atoms with Crippen molar-refractivity contribution in [1.29, 1.82) is 0 Å². The van der Waals surface area contributed by atoms with Crippen LogP contribution in [0.2, 0.25) is 5.02 Å². The number of hydrogen-bond acceptors (Lipinski definition) is 3. The minimum absolute atomic E-state index is 0.00568. The summed E-state index contributed by atoms with van der Waals surface area (Å²) in [5, 5.41) is 6.86. The third kappa shape index (κ3) is 2.76. The molecule has 0 spiro atoms. The molecule has 2 rings (SSSR count). The van der Waals surface area contributed by atoms with E-state index in [1.807, 2.05) is 19.2 Å². The fraction of sp³-hybridized carbons (Fsp3) is 0.533. The number of amides is 1. The van der Waals surface area contributed by atoms with Crippen molar-refractivity contribution in [3.63, 3.8) is 0 Å². The number of nitrogens with zero attached hydrogens (tertiary/aromatic N) is 1. The Kier molecular flexibility index (Phi) is 4.55. The summed E-state index contributed by atoms with van der Waals surface area (Å²) < 4.78 is 0. The van der Waals surface area contributed by atoms with E-state index < -0.39 is 0 Å². The Balaban J connectivity index is 2.35. The van der Waals surface area contributed by atoms with Crippen LogP contribution in [0.25, 0.3) is 0 Å². The molecule has 0 fully saturated rings. The molecule has 20 heavy (non-hydrogen) atoms. The Morgan fingerprint density at radius 3 is 2.75 bits per heavy atom. The number of benzene rings is 1. The Hall–Kier alpha value is -1.26. The average Bonchev–Trinajstić information content (AvgIpc) is 2.69. The third-order valence-electron chi connectivity index (χ3n) is 3.70. The van der Waals surface area contributed by atoms with Gasteiger partial charge in [0.15, 0.2) is 0 Å². The van der Waals surface area contributed by atoms with Gasteiger partial charge >= 0.3 is 0 Å². The largest absolute Gasteiger partial charge is 0.371 e. The van der Waals surface area contributed by atoms with Gasteiger partial charge in [0.1, 0.15) is 6.04 Å². The van der Waals surface area contributed by atoms with E-state index in [9.17, 15) is 4.79 Å². The summed E-state index contributed by atoms with van der Waals surface area (Å²) in [7, 11) is 2.00. The molecule has 1 atom stereocenters. The van der Waals surface area contributed by atoms with Crippen LogP contribution in [0.3, 0.4) is 0 Å². The monoisotopic (exact) mass is 295 g/mol. The van der Waals surface area contributed by atoms with Crippen molar-refractivity contribution in [1.82, 2.24) is 5.32 Å². The molecular weight excluding hydrogens is 274 g/mol. The zero-order valence-electron chi connectivity index (χ0n) is 12.5. The van der Waals surface area contributed by atoms with Gasteiger partial charge in [-0.15, -0.1) is 0 Å². The van der Waals surface area contributed by atoms with Gasteiger partial charge in [-0.2, -0.15) is 0 Å². The van der Waals surface area contributed by atoms with Gasteiger partial charge in [-0.05, 0) is 38.9 Å². The fourth-order valence-electron chi connectivity index (χ4n) is 2.31. The Bertz CT molecular complexity index is 516. The SMILES string of the molecule is CCCNC1C(=O)Nc2cc(N(C)C(C)C)c(Cl)cc21. The van der Waals surface area contributed by atoms with Crippen molar-refractivity contribution in [2.75, 3.05) is 23.8 Å². The maximum Gasteiger partial charge on any atom is 0.246 e. The molecule has 5 heteroatoms. The summed E-state index contributed by atoms with van der Waals surface area (Å²) in [6.07, 6.45) is 0.987. The Morgan fingerprint density at radius 2 is 2.15 bits per heavy atom. The quantitative estimate of drug-likeness (QED) is 0.877. The normalized spacial score (nSPS) is 17.3. The first kappa shape index (κ1) is 15.1. The van der Waals surface area contributed by atoms with Crippen molar-refractivity contribution in [3.05, 3.63) is 22.7 Å². The molecule has 0 aromatic heterocycles. The molecular formula is C15H22ClN3O. The van der Waals surface area contributed by atoms with Crippen LogP contribution in [0, 0.1) is 0 Å². The summed E-state index contributed by atoms with van der Waals surface area (Å²) >= 11 is 6.39. The molecule has 1 amide bonds. The molecule has 1 unspecified atom stereocenters. The summed E-state index contributed by atoms with van der Waals surface area (Å²) in [6.45, 7) is 7.10. The van der Waals surface area contributed by atoms with Gasteiger partial charge < -0.3 is 15.5 Å². The van der Waals surface area contributed by atoms with Crippen molar-refractivity contribution < 1.29 is 4.79 Å². The highest BCUT2D eigenvalue weighted by atomic mass is 35.5. The molecule has 1 aliphatic rings. The van der Waals surface area contributed by atoms with Crippen molar-refractivity contribution in [2.45, 2.75) is 39.3 Å². The van der Waals surface area contributed by atoms with E-state index >= 15 is 0 Å². The zero-order chi connectivity index (χ0) is 14.9. The minimum Gasteiger partial charge on any atom is -0.371 e. The van der Waals surface area contributed by atoms with Gasteiger partial charge in [0.2, 0.25) is 5.91 Å². The first-order valence-electron chi connectivity index (χ1n) is 7.06.